The lowest BCUT2D eigenvalue weighted by Crippen LogP contribution is -2.50. The minimum atomic E-state index is -0.322. The lowest BCUT2D eigenvalue weighted by Gasteiger charge is -2.39. The van der Waals surface area contributed by atoms with Crippen LogP contribution in [-0.4, -0.2) is 50.2 Å². The Labute approximate surface area is 120 Å². The van der Waals surface area contributed by atoms with Gasteiger partial charge in [-0.05, 0) is 39.1 Å². The molecule has 5 heteroatoms. The topological polar surface area (TPSA) is 58.8 Å². The third kappa shape index (κ3) is 3.04. The van der Waals surface area contributed by atoms with Gasteiger partial charge >= 0.3 is 5.97 Å². The maximum atomic E-state index is 11.7. The first kappa shape index (κ1) is 14.7. The van der Waals surface area contributed by atoms with Crippen LogP contribution in [0.15, 0.2) is 18.2 Å². The summed E-state index contributed by atoms with van der Waals surface area (Å²) in [6, 6.07) is 5.90. The van der Waals surface area contributed by atoms with Gasteiger partial charge in [-0.3, -0.25) is 0 Å². The number of carbonyl (C=O) groups excluding carboxylic acids is 1. The van der Waals surface area contributed by atoms with Crippen LogP contribution in [0.4, 0.5) is 11.4 Å². The first-order valence-corrected chi connectivity index (χ1v) is 7.04. The minimum Gasteiger partial charge on any atom is -0.462 e. The highest BCUT2D eigenvalue weighted by Crippen LogP contribution is 2.26. The molecule has 20 heavy (non-hydrogen) atoms. The van der Waals surface area contributed by atoms with Gasteiger partial charge in [-0.25, -0.2) is 4.79 Å². The van der Waals surface area contributed by atoms with Crippen LogP contribution in [0.1, 0.15) is 24.2 Å². The van der Waals surface area contributed by atoms with Gasteiger partial charge < -0.3 is 20.3 Å². The van der Waals surface area contributed by atoms with Crippen LogP contribution < -0.4 is 10.6 Å². The molecule has 1 aliphatic rings. The van der Waals surface area contributed by atoms with Gasteiger partial charge in [-0.1, -0.05) is 0 Å². The summed E-state index contributed by atoms with van der Waals surface area (Å²) in [4.78, 5) is 16.3. The lowest BCUT2D eigenvalue weighted by atomic mass is 10.1. The van der Waals surface area contributed by atoms with Crippen molar-refractivity contribution in [3.05, 3.63) is 23.8 Å². The molecule has 1 unspecified atom stereocenters. The second-order valence-corrected chi connectivity index (χ2v) is 5.27. The Kier molecular flexibility index (Phi) is 4.49. The third-order valence-corrected chi connectivity index (χ3v) is 3.84. The number of nitrogens with zero attached hydrogens (tertiary/aromatic N) is 2. The highest BCUT2D eigenvalue weighted by Gasteiger charge is 2.22. The number of nitrogen functional groups attached to an aromatic ring is 1. The van der Waals surface area contributed by atoms with E-state index in [0.29, 0.717) is 23.9 Å². The highest BCUT2D eigenvalue weighted by atomic mass is 16.5. The van der Waals surface area contributed by atoms with E-state index in [1.807, 2.05) is 6.07 Å². The number of esters is 1. The molecule has 1 aromatic rings. The molecule has 2 N–H and O–H groups in total. The zero-order valence-corrected chi connectivity index (χ0v) is 12.4. The summed E-state index contributed by atoms with van der Waals surface area (Å²) < 4.78 is 4.98. The standard InChI is InChI=1S/C15H23N3O2/c1-4-20-15(19)12-5-6-14(13(16)9-12)18-8-7-17(3)11(2)10-18/h5-6,9,11H,4,7-8,10,16H2,1-3H3. The van der Waals surface area contributed by atoms with Crippen LogP contribution in [0.25, 0.3) is 0 Å². The number of rotatable bonds is 3. The molecule has 0 radical (unpaired) electrons. The van der Waals surface area contributed by atoms with Crippen molar-refractivity contribution in [1.29, 1.82) is 0 Å². The highest BCUT2D eigenvalue weighted by molar-refractivity contribution is 5.92. The Hall–Kier alpha value is -1.75. The van der Waals surface area contributed by atoms with Gasteiger partial charge in [0, 0.05) is 25.7 Å². The molecule has 1 aromatic carbocycles. The van der Waals surface area contributed by atoms with E-state index in [2.05, 4.69) is 23.8 Å². The molecule has 1 atom stereocenters. The second kappa shape index (κ2) is 6.13. The quantitative estimate of drug-likeness (QED) is 0.671. The van der Waals surface area contributed by atoms with E-state index < -0.39 is 0 Å². The second-order valence-electron chi connectivity index (χ2n) is 5.27. The molecule has 1 fully saturated rings. The fourth-order valence-electron chi connectivity index (χ4n) is 2.45. The van der Waals surface area contributed by atoms with Crippen LogP contribution in [0, 0.1) is 0 Å². The maximum Gasteiger partial charge on any atom is 0.338 e. The molecule has 2 rings (SSSR count). The number of benzene rings is 1. The van der Waals surface area contributed by atoms with E-state index in [-0.39, 0.29) is 5.97 Å². The normalized spacial score (nSPS) is 19.9. The van der Waals surface area contributed by atoms with Gasteiger partial charge in [0.2, 0.25) is 0 Å². The number of hydrogen-bond acceptors (Lipinski definition) is 5. The predicted molar refractivity (Wildman–Crippen MR) is 81.1 cm³/mol. The van der Waals surface area contributed by atoms with E-state index in [1.54, 1.807) is 19.1 Å². The van der Waals surface area contributed by atoms with Gasteiger partial charge in [0.1, 0.15) is 0 Å². The Morgan fingerprint density at radius 3 is 2.80 bits per heavy atom. The largest absolute Gasteiger partial charge is 0.462 e. The molecule has 5 nitrogen and oxygen atoms in total. The Bertz CT molecular complexity index is 490. The van der Waals surface area contributed by atoms with Gasteiger partial charge in [0.25, 0.3) is 0 Å². The van der Waals surface area contributed by atoms with E-state index in [1.165, 1.54) is 0 Å². The molecular weight excluding hydrogens is 254 g/mol. The first-order chi connectivity index (χ1) is 9.52. The van der Waals surface area contributed by atoms with E-state index in [0.717, 1.165) is 25.3 Å². The third-order valence-electron chi connectivity index (χ3n) is 3.84. The Balaban J connectivity index is 2.16. The smallest absolute Gasteiger partial charge is 0.338 e. The molecule has 110 valence electrons. The molecule has 0 spiro atoms. The average Bonchev–Trinajstić information content (AvgIpc) is 2.42. The van der Waals surface area contributed by atoms with E-state index in [9.17, 15) is 4.79 Å². The number of carbonyl (C=O) groups is 1. The number of piperazine rings is 1. The van der Waals surface area contributed by atoms with Crippen molar-refractivity contribution in [3.63, 3.8) is 0 Å². The number of likely N-dealkylation sites (N-methyl/N-ethyl adjacent to an activating group) is 1. The summed E-state index contributed by atoms with van der Waals surface area (Å²) in [5.41, 5.74) is 8.24. The van der Waals surface area contributed by atoms with Crippen LogP contribution in [0.3, 0.4) is 0 Å². The molecule has 0 saturated carbocycles. The fraction of sp³-hybridized carbons (Fsp3) is 0.533. The molecule has 1 saturated heterocycles. The minimum absolute atomic E-state index is 0.322. The van der Waals surface area contributed by atoms with Crippen LogP contribution in [0.5, 0.6) is 0 Å². The molecular formula is C15H23N3O2. The zero-order valence-electron chi connectivity index (χ0n) is 12.4. The summed E-state index contributed by atoms with van der Waals surface area (Å²) in [5.74, 6) is -0.322. The number of nitrogens with two attached hydrogens (primary N) is 1. The SMILES string of the molecule is CCOC(=O)c1ccc(N2CCN(C)C(C)C2)c(N)c1. The summed E-state index contributed by atoms with van der Waals surface area (Å²) >= 11 is 0. The van der Waals surface area contributed by atoms with Crippen molar-refractivity contribution < 1.29 is 9.53 Å². The van der Waals surface area contributed by atoms with Crippen molar-refractivity contribution in [3.8, 4) is 0 Å². The molecule has 0 aliphatic carbocycles. The summed E-state index contributed by atoms with van der Waals surface area (Å²) in [7, 11) is 2.13. The van der Waals surface area contributed by atoms with Crippen LogP contribution >= 0.6 is 0 Å². The van der Waals surface area contributed by atoms with E-state index in [4.69, 9.17) is 10.5 Å². The lowest BCUT2D eigenvalue weighted by molar-refractivity contribution is 0.0526. The van der Waals surface area contributed by atoms with Crippen molar-refractivity contribution in [2.45, 2.75) is 19.9 Å². The molecule has 1 aliphatic heterocycles. The van der Waals surface area contributed by atoms with Crippen molar-refractivity contribution in [2.75, 3.05) is 43.9 Å². The van der Waals surface area contributed by atoms with Gasteiger partial charge in [0.05, 0.1) is 23.5 Å². The molecule has 0 bridgehead atoms. The first-order valence-electron chi connectivity index (χ1n) is 7.04. The summed E-state index contributed by atoms with van der Waals surface area (Å²) in [5, 5.41) is 0. The molecule has 0 amide bonds. The number of anilines is 2. The monoisotopic (exact) mass is 277 g/mol. The van der Waals surface area contributed by atoms with Gasteiger partial charge in [-0.15, -0.1) is 0 Å². The van der Waals surface area contributed by atoms with Crippen LogP contribution in [0.2, 0.25) is 0 Å². The van der Waals surface area contributed by atoms with Crippen molar-refractivity contribution in [1.82, 2.24) is 4.90 Å². The fourth-order valence-corrected chi connectivity index (χ4v) is 2.45. The number of hydrogen-bond donors (Lipinski definition) is 1. The summed E-state index contributed by atoms with van der Waals surface area (Å²) in [6.45, 7) is 7.27. The Morgan fingerprint density at radius 2 is 2.20 bits per heavy atom. The van der Waals surface area contributed by atoms with Gasteiger partial charge in [-0.2, -0.15) is 0 Å². The van der Waals surface area contributed by atoms with Crippen LogP contribution in [-0.2, 0) is 4.74 Å². The van der Waals surface area contributed by atoms with Gasteiger partial charge in [0.15, 0.2) is 0 Å². The zero-order chi connectivity index (χ0) is 14.7. The predicted octanol–water partition coefficient (Wildman–Crippen LogP) is 1.59. The molecule has 0 aromatic heterocycles. The Morgan fingerprint density at radius 1 is 1.45 bits per heavy atom. The maximum absolute atomic E-state index is 11.7. The number of ether oxygens (including phenoxy) is 1. The molecule has 1 heterocycles. The van der Waals surface area contributed by atoms with Crippen molar-refractivity contribution >= 4 is 17.3 Å². The summed E-state index contributed by atoms with van der Waals surface area (Å²) in [6.07, 6.45) is 0. The van der Waals surface area contributed by atoms with Crippen molar-refractivity contribution in [2.24, 2.45) is 0 Å². The average molecular weight is 277 g/mol. The van der Waals surface area contributed by atoms with E-state index >= 15 is 0 Å².